The monoisotopic (exact) mass is 230 g/mol. The van der Waals surface area contributed by atoms with Gasteiger partial charge in [0, 0.05) is 24.2 Å². The molecule has 1 N–H and O–H groups in total. The van der Waals surface area contributed by atoms with Crippen molar-refractivity contribution in [2.75, 3.05) is 18.2 Å². The lowest BCUT2D eigenvalue weighted by Crippen LogP contribution is -2.49. The van der Waals surface area contributed by atoms with Gasteiger partial charge in [-0.1, -0.05) is 13.8 Å². The lowest BCUT2D eigenvalue weighted by atomic mass is 10.1. The molecule has 1 aliphatic heterocycles. The number of thioether (sulfide) groups is 1. The summed E-state index contributed by atoms with van der Waals surface area (Å²) in [7, 11) is 0. The van der Waals surface area contributed by atoms with Crippen molar-refractivity contribution in [1.82, 2.24) is 10.2 Å². The first kappa shape index (κ1) is 12.8. The van der Waals surface area contributed by atoms with Crippen LogP contribution in [0, 0.1) is 5.92 Å². The molecule has 3 nitrogen and oxygen atoms in total. The molecular formula is C11H22N2OS. The first-order valence-corrected chi connectivity index (χ1v) is 6.79. The van der Waals surface area contributed by atoms with E-state index in [0.29, 0.717) is 12.0 Å². The van der Waals surface area contributed by atoms with E-state index in [1.54, 1.807) is 11.8 Å². The van der Waals surface area contributed by atoms with E-state index in [9.17, 15) is 4.79 Å². The van der Waals surface area contributed by atoms with Crippen molar-refractivity contribution in [2.24, 2.45) is 5.92 Å². The zero-order valence-electron chi connectivity index (χ0n) is 10.1. The second kappa shape index (κ2) is 5.75. The summed E-state index contributed by atoms with van der Waals surface area (Å²) >= 11 is 1.80. The number of carbonyl (C=O) groups is 1. The van der Waals surface area contributed by atoms with E-state index in [1.807, 2.05) is 4.90 Å². The number of nitrogens with zero attached hydrogens (tertiary/aromatic N) is 1. The molecule has 0 radical (unpaired) electrons. The third-order valence-corrected chi connectivity index (χ3v) is 3.42. The molecule has 0 aromatic rings. The van der Waals surface area contributed by atoms with Crippen LogP contribution in [0.25, 0.3) is 0 Å². The minimum atomic E-state index is 0.0381. The molecule has 0 spiro atoms. The van der Waals surface area contributed by atoms with Crippen molar-refractivity contribution in [3.05, 3.63) is 0 Å². The van der Waals surface area contributed by atoms with E-state index in [0.717, 1.165) is 18.2 Å². The van der Waals surface area contributed by atoms with Gasteiger partial charge in [0.15, 0.2) is 0 Å². The van der Waals surface area contributed by atoms with Crippen LogP contribution < -0.4 is 5.32 Å². The van der Waals surface area contributed by atoms with Gasteiger partial charge in [-0.05, 0) is 19.8 Å². The van der Waals surface area contributed by atoms with E-state index in [1.165, 1.54) is 0 Å². The van der Waals surface area contributed by atoms with Gasteiger partial charge in [-0.15, -0.1) is 11.8 Å². The lowest BCUT2D eigenvalue weighted by molar-refractivity contribution is -0.134. The summed E-state index contributed by atoms with van der Waals surface area (Å²) in [5.41, 5.74) is 0. The Bertz CT molecular complexity index is 213. The van der Waals surface area contributed by atoms with Gasteiger partial charge >= 0.3 is 0 Å². The number of hydrogen-bond donors (Lipinski definition) is 1. The third kappa shape index (κ3) is 3.68. The zero-order chi connectivity index (χ0) is 11.4. The van der Waals surface area contributed by atoms with Crippen molar-refractivity contribution < 1.29 is 4.79 Å². The average molecular weight is 230 g/mol. The van der Waals surface area contributed by atoms with Crippen LogP contribution in [0.3, 0.4) is 0 Å². The maximum absolute atomic E-state index is 12.2. The first-order chi connectivity index (χ1) is 7.02. The van der Waals surface area contributed by atoms with E-state index >= 15 is 0 Å². The Morgan fingerprint density at radius 1 is 1.47 bits per heavy atom. The van der Waals surface area contributed by atoms with E-state index in [4.69, 9.17) is 0 Å². The van der Waals surface area contributed by atoms with Crippen molar-refractivity contribution in [1.29, 1.82) is 0 Å². The zero-order valence-corrected chi connectivity index (χ0v) is 10.9. The molecule has 15 heavy (non-hydrogen) atoms. The fraction of sp³-hybridized carbons (Fsp3) is 0.909. The predicted molar refractivity (Wildman–Crippen MR) is 65.9 cm³/mol. The van der Waals surface area contributed by atoms with Crippen LogP contribution in [-0.2, 0) is 4.79 Å². The molecule has 88 valence electrons. The minimum absolute atomic E-state index is 0.0381. The van der Waals surface area contributed by atoms with Crippen LogP contribution in [-0.4, -0.2) is 41.1 Å². The van der Waals surface area contributed by atoms with E-state index < -0.39 is 0 Å². The SMILES string of the molecule is CC(C)CN(C(=O)C1CSCN1)C(C)C. The number of hydrogen-bond acceptors (Lipinski definition) is 3. The summed E-state index contributed by atoms with van der Waals surface area (Å²) in [5, 5.41) is 3.24. The smallest absolute Gasteiger partial charge is 0.240 e. The molecule has 1 fully saturated rings. The molecule has 0 bridgehead atoms. The highest BCUT2D eigenvalue weighted by Crippen LogP contribution is 2.14. The lowest BCUT2D eigenvalue weighted by Gasteiger charge is -2.30. The van der Waals surface area contributed by atoms with Gasteiger partial charge in [0.25, 0.3) is 0 Å². The molecule has 1 aliphatic rings. The van der Waals surface area contributed by atoms with Crippen LogP contribution in [0.1, 0.15) is 27.7 Å². The number of nitrogens with one attached hydrogen (secondary N) is 1. The van der Waals surface area contributed by atoms with Crippen LogP contribution in [0.4, 0.5) is 0 Å². The van der Waals surface area contributed by atoms with Gasteiger partial charge < -0.3 is 4.90 Å². The highest BCUT2D eigenvalue weighted by atomic mass is 32.2. The predicted octanol–water partition coefficient (Wildman–Crippen LogP) is 1.54. The van der Waals surface area contributed by atoms with Crippen molar-refractivity contribution in [3.8, 4) is 0 Å². The van der Waals surface area contributed by atoms with E-state index in [2.05, 4.69) is 33.0 Å². The summed E-state index contributed by atoms with van der Waals surface area (Å²) in [6.07, 6.45) is 0. The second-order valence-corrected chi connectivity index (χ2v) is 5.78. The molecule has 0 aliphatic carbocycles. The van der Waals surface area contributed by atoms with E-state index in [-0.39, 0.29) is 11.9 Å². The van der Waals surface area contributed by atoms with Crippen LogP contribution >= 0.6 is 11.8 Å². The average Bonchev–Trinajstić information content (AvgIpc) is 2.65. The number of amides is 1. The molecule has 0 aromatic carbocycles. The van der Waals surface area contributed by atoms with Gasteiger partial charge in [0.1, 0.15) is 0 Å². The molecule has 1 atom stereocenters. The Balaban J connectivity index is 2.57. The summed E-state index contributed by atoms with van der Waals surface area (Å²) < 4.78 is 0. The molecule has 1 rings (SSSR count). The summed E-state index contributed by atoms with van der Waals surface area (Å²) in [6, 6.07) is 0.337. The van der Waals surface area contributed by atoms with Gasteiger partial charge in [0.05, 0.1) is 6.04 Å². The van der Waals surface area contributed by atoms with Gasteiger partial charge in [0.2, 0.25) is 5.91 Å². The molecular weight excluding hydrogens is 208 g/mol. The molecule has 1 unspecified atom stereocenters. The number of rotatable bonds is 4. The van der Waals surface area contributed by atoms with Crippen molar-refractivity contribution in [2.45, 2.75) is 39.8 Å². The molecule has 1 amide bonds. The third-order valence-electron chi connectivity index (χ3n) is 2.48. The quantitative estimate of drug-likeness (QED) is 0.795. The van der Waals surface area contributed by atoms with Crippen LogP contribution in [0.5, 0.6) is 0 Å². The normalized spacial score (nSPS) is 21.3. The number of carbonyl (C=O) groups excluding carboxylic acids is 1. The summed E-state index contributed by atoms with van der Waals surface area (Å²) in [6.45, 7) is 9.34. The topological polar surface area (TPSA) is 32.3 Å². The highest BCUT2D eigenvalue weighted by Gasteiger charge is 2.28. The maximum Gasteiger partial charge on any atom is 0.240 e. The largest absolute Gasteiger partial charge is 0.339 e. The first-order valence-electron chi connectivity index (χ1n) is 5.64. The minimum Gasteiger partial charge on any atom is -0.339 e. The molecule has 0 saturated carbocycles. The van der Waals surface area contributed by atoms with Gasteiger partial charge in [-0.25, -0.2) is 0 Å². The summed E-state index contributed by atoms with van der Waals surface area (Å²) in [5.74, 6) is 2.62. The molecule has 0 aromatic heterocycles. The fourth-order valence-electron chi connectivity index (χ4n) is 1.70. The van der Waals surface area contributed by atoms with Crippen LogP contribution in [0.15, 0.2) is 0 Å². The van der Waals surface area contributed by atoms with Gasteiger partial charge in [-0.3, -0.25) is 10.1 Å². The Morgan fingerprint density at radius 2 is 2.13 bits per heavy atom. The highest BCUT2D eigenvalue weighted by molar-refractivity contribution is 7.99. The standard InChI is InChI=1S/C11H22N2OS/c1-8(2)5-13(9(3)4)11(14)10-6-15-7-12-10/h8-10,12H,5-7H2,1-4H3. The molecule has 1 heterocycles. The Hall–Kier alpha value is -0.220. The fourth-order valence-corrected chi connectivity index (χ4v) is 2.64. The Kier molecular flexibility index (Phi) is 4.93. The Labute approximate surface area is 97.0 Å². The maximum atomic E-state index is 12.2. The van der Waals surface area contributed by atoms with Crippen molar-refractivity contribution >= 4 is 17.7 Å². The van der Waals surface area contributed by atoms with Crippen LogP contribution in [0.2, 0.25) is 0 Å². The van der Waals surface area contributed by atoms with Crippen molar-refractivity contribution in [3.63, 3.8) is 0 Å². The molecule has 4 heteroatoms. The summed E-state index contributed by atoms with van der Waals surface area (Å²) in [4.78, 5) is 14.2. The molecule has 1 saturated heterocycles. The second-order valence-electron chi connectivity index (χ2n) is 4.75. The Morgan fingerprint density at radius 3 is 2.53 bits per heavy atom. The van der Waals surface area contributed by atoms with Gasteiger partial charge in [-0.2, -0.15) is 0 Å².